The minimum absolute atomic E-state index is 0.132. The quantitative estimate of drug-likeness (QED) is 0.867. The van der Waals surface area contributed by atoms with E-state index in [1.807, 2.05) is 0 Å². The van der Waals surface area contributed by atoms with Gasteiger partial charge < -0.3 is 10.1 Å². The van der Waals surface area contributed by atoms with Gasteiger partial charge in [-0.1, -0.05) is 0 Å². The van der Waals surface area contributed by atoms with Gasteiger partial charge in [-0.05, 0) is 30.3 Å². The fourth-order valence-electron chi connectivity index (χ4n) is 1.64. The molecule has 0 atom stereocenters. The number of halogens is 5. The van der Waals surface area contributed by atoms with Gasteiger partial charge in [0.25, 0.3) is 5.91 Å². The first-order valence-corrected chi connectivity index (χ1v) is 5.87. The van der Waals surface area contributed by atoms with Gasteiger partial charge in [0.2, 0.25) is 0 Å². The summed E-state index contributed by atoms with van der Waals surface area (Å²) < 4.78 is 67.7. The molecule has 1 N–H and O–H groups in total. The Hall–Kier alpha value is -2.64. The van der Waals surface area contributed by atoms with Crippen LogP contribution in [0.15, 0.2) is 36.4 Å². The van der Waals surface area contributed by atoms with E-state index in [0.717, 1.165) is 24.3 Å². The molecule has 0 bridgehead atoms. The average molecular weight is 317 g/mol. The summed E-state index contributed by atoms with van der Waals surface area (Å²) in [4.78, 5) is 11.8. The van der Waals surface area contributed by atoms with Gasteiger partial charge in [-0.15, -0.1) is 0 Å². The molecule has 0 aliphatic carbocycles. The molecule has 22 heavy (non-hydrogen) atoms. The van der Waals surface area contributed by atoms with Crippen LogP contribution < -0.4 is 10.1 Å². The van der Waals surface area contributed by atoms with Crippen LogP contribution in [0.2, 0.25) is 0 Å². The minimum Gasteiger partial charge on any atom is -0.432 e. The Bertz CT molecular complexity index is 706. The largest absolute Gasteiger partial charge is 0.432 e. The maximum absolute atomic E-state index is 13.5. The monoisotopic (exact) mass is 317 g/mol. The maximum Gasteiger partial charge on any atom is 0.387 e. The number of hydrogen-bond acceptors (Lipinski definition) is 2. The first kappa shape index (κ1) is 15.7. The van der Waals surface area contributed by atoms with Crippen molar-refractivity contribution in [1.82, 2.24) is 0 Å². The number of ether oxygens (including phenoxy) is 1. The number of rotatable bonds is 4. The highest BCUT2D eigenvalue weighted by Crippen LogP contribution is 2.23. The van der Waals surface area contributed by atoms with Crippen molar-refractivity contribution in [3.63, 3.8) is 0 Å². The van der Waals surface area contributed by atoms with E-state index >= 15 is 0 Å². The zero-order chi connectivity index (χ0) is 16.3. The van der Waals surface area contributed by atoms with Gasteiger partial charge in [-0.25, -0.2) is 13.2 Å². The summed E-state index contributed by atoms with van der Waals surface area (Å²) in [6, 6.07) is 4.95. The smallest absolute Gasteiger partial charge is 0.387 e. The SMILES string of the molecule is O=C(Nc1ccc(OC(F)F)c(F)c1)c1cc(F)ccc1F. The molecule has 2 aromatic rings. The molecule has 0 saturated carbocycles. The van der Waals surface area contributed by atoms with Crippen LogP contribution in [0.4, 0.5) is 27.6 Å². The van der Waals surface area contributed by atoms with Gasteiger partial charge in [0.15, 0.2) is 11.6 Å². The van der Waals surface area contributed by atoms with Crippen molar-refractivity contribution in [2.75, 3.05) is 5.32 Å². The van der Waals surface area contributed by atoms with E-state index in [0.29, 0.717) is 12.1 Å². The number of hydrogen-bond donors (Lipinski definition) is 1. The summed E-state index contributed by atoms with van der Waals surface area (Å²) in [5.74, 6) is -4.64. The lowest BCUT2D eigenvalue weighted by atomic mass is 10.2. The Kier molecular flexibility index (Phi) is 4.59. The van der Waals surface area contributed by atoms with Gasteiger partial charge in [0.05, 0.1) is 5.56 Å². The van der Waals surface area contributed by atoms with Crippen molar-refractivity contribution in [3.05, 3.63) is 59.4 Å². The predicted octanol–water partition coefficient (Wildman–Crippen LogP) is 3.96. The van der Waals surface area contributed by atoms with Gasteiger partial charge >= 0.3 is 6.61 Å². The van der Waals surface area contributed by atoms with Crippen molar-refractivity contribution >= 4 is 11.6 Å². The van der Waals surface area contributed by atoms with E-state index in [4.69, 9.17) is 0 Å². The van der Waals surface area contributed by atoms with E-state index in [1.54, 1.807) is 0 Å². The van der Waals surface area contributed by atoms with Gasteiger partial charge in [-0.3, -0.25) is 4.79 Å². The first-order valence-electron chi connectivity index (χ1n) is 5.87. The van der Waals surface area contributed by atoms with Crippen LogP contribution >= 0.6 is 0 Å². The maximum atomic E-state index is 13.5. The molecule has 116 valence electrons. The second-order valence-corrected chi connectivity index (χ2v) is 4.10. The van der Waals surface area contributed by atoms with Crippen molar-refractivity contribution in [2.45, 2.75) is 6.61 Å². The molecule has 0 aliphatic heterocycles. The number of carbonyl (C=O) groups is 1. The third-order valence-electron chi connectivity index (χ3n) is 2.58. The second-order valence-electron chi connectivity index (χ2n) is 4.10. The molecular weight excluding hydrogens is 309 g/mol. The molecule has 0 heterocycles. The molecule has 0 aromatic heterocycles. The zero-order valence-electron chi connectivity index (χ0n) is 10.7. The summed E-state index contributed by atoms with van der Waals surface area (Å²) in [7, 11) is 0. The van der Waals surface area contributed by atoms with Crippen LogP contribution in [-0.4, -0.2) is 12.5 Å². The molecule has 0 fully saturated rings. The van der Waals surface area contributed by atoms with Gasteiger partial charge in [0, 0.05) is 11.8 Å². The molecular formula is C14H8F5NO2. The number of carbonyl (C=O) groups excluding carboxylic acids is 1. The minimum atomic E-state index is -3.20. The Morgan fingerprint density at radius 1 is 1.00 bits per heavy atom. The molecule has 0 radical (unpaired) electrons. The summed E-state index contributed by atoms with van der Waals surface area (Å²) in [5.41, 5.74) is -0.707. The number of anilines is 1. The highest BCUT2D eigenvalue weighted by atomic mass is 19.3. The molecule has 0 saturated heterocycles. The standard InChI is InChI=1S/C14H8F5NO2/c15-7-1-3-10(16)9(5-7)13(21)20-8-2-4-12(11(17)6-8)22-14(18)19/h1-6,14H,(H,20,21). The van der Waals surface area contributed by atoms with Crippen LogP contribution in [0.3, 0.4) is 0 Å². The van der Waals surface area contributed by atoms with Gasteiger partial charge in [-0.2, -0.15) is 8.78 Å². The van der Waals surface area contributed by atoms with E-state index in [1.165, 1.54) is 0 Å². The van der Waals surface area contributed by atoms with Crippen molar-refractivity contribution in [3.8, 4) is 5.75 Å². The highest BCUT2D eigenvalue weighted by Gasteiger charge is 2.15. The highest BCUT2D eigenvalue weighted by molar-refractivity contribution is 6.04. The first-order chi connectivity index (χ1) is 10.4. The Balaban J connectivity index is 2.18. The Labute approximate surface area is 121 Å². The Morgan fingerprint density at radius 2 is 1.73 bits per heavy atom. The van der Waals surface area contributed by atoms with E-state index in [-0.39, 0.29) is 5.69 Å². The molecule has 0 spiro atoms. The summed E-state index contributed by atoms with van der Waals surface area (Å²) in [6.07, 6.45) is 0. The van der Waals surface area contributed by atoms with Crippen LogP contribution in [0.25, 0.3) is 0 Å². The third-order valence-corrected chi connectivity index (χ3v) is 2.58. The normalized spacial score (nSPS) is 10.6. The third kappa shape index (κ3) is 3.72. The summed E-state index contributed by atoms with van der Waals surface area (Å²) >= 11 is 0. The summed E-state index contributed by atoms with van der Waals surface area (Å²) in [5, 5.41) is 2.12. The van der Waals surface area contributed by atoms with Crippen LogP contribution in [0, 0.1) is 17.5 Å². The fraction of sp³-hybridized carbons (Fsp3) is 0.0714. The predicted molar refractivity (Wildman–Crippen MR) is 67.3 cm³/mol. The van der Waals surface area contributed by atoms with Crippen LogP contribution in [0.5, 0.6) is 5.75 Å². The van der Waals surface area contributed by atoms with Crippen molar-refractivity contribution in [1.29, 1.82) is 0 Å². The van der Waals surface area contributed by atoms with Crippen molar-refractivity contribution in [2.24, 2.45) is 0 Å². The van der Waals surface area contributed by atoms with Crippen LogP contribution in [0.1, 0.15) is 10.4 Å². The number of amides is 1. The van der Waals surface area contributed by atoms with Gasteiger partial charge in [0.1, 0.15) is 11.6 Å². The average Bonchev–Trinajstić information content (AvgIpc) is 2.44. The number of nitrogens with one attached hydrogen (secondary N) is 1. The van der Waals surface area contributed by atoms with E-state index < -0.39 is 41.3 Å². The van der Waals surface area contributed by atoms with Crippen LogP contribution in [-0.2, 0) is 0 Å². The number of benzene rings is 2. The molecule has 3 nitrogen and oxygen atoms in total. The lowest BCUT2D eigenvalue weighted by Gasteiger charge is -2.09. The fourth-order valence-corrected chi connectivity index (χ4v) is 1.64. The zero-order valence-corrected chi connectivity index (χ0v) is 10.7. The lowest BCUT2D eigenvalue weighted by molar-refractivity contribution is -0.0521. The number of alkyl halides is 2. The second kappa shape index (κ2) is 6.42. The van der Waals surface area contributed by atoms with E-state index in [9.17, 15) is 26.7 Å². The molecule has 0 unspecified atom stereocenters. The molecule has 2 rings (SSSR count). The van der Waals surface area contributed by atoms with E-state index in [2.05, 4.69) is 10.1 Å². The lowest BCUT2D eigenvalue weighted by Crippen LogP contribution is -2.14. The topological polar surface area (TPSA) is 38.3 Å². The summed E-state index contributed by atoms with van der Waals surface area (Å²) in [6.45, 7) is -3.20. The Morgan fingerprint density at radius 3 is 2.36 bits per heavy atom. The molecule has 2 aromatic carbocycles. The molecule has 0 aliphatic rings. The van der Waals surface area contributed by atoms with Crippen molar-refractivity contribution < 1.29 is 31.5 Å². The molecule has 1 amide bonds. The molecule has 8 heteroatoms.